The van der Waals surface area contributed by atoms with Crippen molar-refractivity contribution in [1.82, 2.24) is 0 Å². The smallest absolute Gasteiger partial charge is 0.311 e. The van der Waals surface area contributed by atoms with E-state index in [0.29, 0.717) is 11.3 Å². The van der Waals surface area contributed by atoms with Crippen LogP contribution in [0.25, 0.3) is 0 Å². The summed E-state index contributed by atoms with van der Waals surface area (Å²) in [5.41, 5.74) is 4.64. The zero-order chi connectivity index (χ0) is 19.6. The molecule has 1 aliphatic carbocycles. The number of para-hydroxylation sites is 1. The summed E-state index contributed by atoms with van der Waals surface area (Å²) in [5, 5.41) is 19.3. The summed E-state index contributed by atoms with van der Waals surface area (Å²) in [4.78, 5) is 36.1. The van der Waals surface area contributed by atoms with Gasteiger partial charge in [-0.05, 0) is 24.1 Å². The Hall–Kier alpha value is -3.35. The lowest BCUT2D eigenvalue weighted by Crippen LogP contribution is -2.73. The van der Waals surface area contributed by atoms with Crippen LogP contribution in [0, 0.1) is 17.3 Å². The minimum absolute atomic E-state index is 0.0264. The number of carboxylic acids is 2. The van der Waals surface area contributed by atoms with Gasteiger partial charge in [0.05, 0.1) is 5.92 Å². The third kappa shape index (κ3) is 3.12. The van der Waals surface area contributed by atoms with Crippen LogP contribution in [0.1, 0.15) is 5.56 Å². The number of hydrogen-bond donors (Lipinski definition) is 3. The molecule has 4 atom stereocenters. The number of rotatable bonds is 7. The Morgan fingerprint density at radius 2 is 1.48 bits per heavy atom. The molecular formula is C20H19NO6. The standard InChI is InChI=1S/C20H19NO6/c21-19(26)20(11-12-7-3-1-4-8-12)15(18(24)25)14(17(22)23)16(20)27-13-9-5-2-6-10-13/h1-10,14-16H,11H2,(H2,21,26)(H,22,23)(H,24,25). The van der Waals surface area contributed by atoms with Crippen LogP contribution in [0.15, 0.2) is 60.7 Å². The predicted molar refractivity (Wildman–Crippen MR) is 94.9 cm³/mol. The van der Waals surface area contributed by atoms with Crippen LogP contribution in [0.5, 0.6) is 5.75 Å². The van der Waals surface area contributed by atoms with Crippen molar-refractivity contribution in [2.45, 2.75) is 12.5 Å². The molecule has 1 aliphatic rings. The number of carboxylic acid groups (broad SMARTS) is 2. The molecule has 0 bridgehead atoms. The number of ether oxygens (including phenoxy) is 1. The largest absolute Gasteiger partial charge is 0.488 e. The van der Waals surface area contributed by atoms with Crippen molar-refractivity contribution in [3.63, 3.8) is 0 Å². The lowest BCUT2D eigenvalue weighted by Gasteiger charge is -2.55. The lowest BCUT2D eigenvalue weighted by molar-refractivity contribution is -0.206. The first-order valence-corrected chi connectivity index (χ1v) is 8.39. The second kappa shape index (κ2) is 7.11. The highest BCUT2D eigenvalue weighted by atomic mass is 16.5. The van der Waals surface area contributed by atoms with Gasteiger partial charge in [-0.15, -0.1) is 0 Å². The van der Waals surface area contributed by atoms with Gasteiger partial charge in [-0.25, -0.2) is 0 Å². The molecule has 2 aromatic rings. The molecule has 27 heavy (non-hydrogen) atoms. The molecule has 0 spiro atoms. The van der Waals surface area contributed by atoms with Crippen molar-refractivity contribution < 1.29 is 29.3 Å². The van der Waals surface area contributed by atoms with E-state index in [1.165, 1.54) is 0 Å². The Labute approximate surface area is 155 Å². The van der Waals surface area contributed by atoms with E-state index < -0.39 is 41.2 Å². The number of benzene rings is 2. The molecule has 0 radical (unpaired) electrons. The maximum absolute atomic E-state index is 12.5. The highest BCUT2D eigenvalue weighted by Crippen LogP contribution is 2.55. The highest BCUT2D eigenvalue weighted by Gasteiger charge is 2.72. The summed E-state index contributed by atoms with van der Waals surface area (Å²) < 4.78 is 5.81. The molecule has 0 aromatic heterocycles. The topological polar surface area (TPSA) is 127 Å². The Morgan fingerprint density at radius 1 is 0.926 bits per heavy atom. The van der Waals surface area contributed by atoms with E-state index in [2.05, 4.69) is 0 Å². The van der Waals surface area contributed by atoms with Gasteiger partial charge in [-0.2, -0.15) is 0 Å². The van der Waals surface area contributed by atoms with E-state index in [-0.39, 0.29) is 6.42 Å². The first-order valence-electron chi connectivity index (χ1n) is 8.39. The van der Waals surface area contributed by atoms with Gasteiger partial charge in [-0.1, -0.05) is 48.5 Å². The molecular weight excluding hydrogens is 350 g/mol. The molecule has 1 fully saturated rings. The van der Waals surface area contributed by atoms with Gasteiger partial charge >= 0.3 is 11.9 Å². The number of hydrogen-bond acceptors (Lipinski definition) is 4. The van der Waals surface area contributed by atoms with Gasteiger partial charge in [0.15, 0.2) is 0 Å². The van der Waals surface area contributed by atoms with Crippen LogP contribution in [0.2, 0.25) is 0 Å². The molecule has 7 nitrogen and oxygen atoms in total. The van der Waals surface area contributed by atoms with Gasteiger partial charge in [0.2, 0.25) is 5.91 Å². The van der Waals surface area contributed by atoms with Gasteiger partial charge in [0.1, 0.15) is 23.2 Å². The van der Waals surface area contributed by atoms with Crippen LogP contribution in [0.4, 0.5) is 0 Å². The third-order valence-corrected chi connectivity index (χ3v) is 5.10. The number of aliphatic carboxylic acids is 2. The van der Waals surface area contributed by atoms with Crippen LogP contribution in [0.3, 0.4) is 0 Å². The number of carbonyl (C=O) groups is 3. The Balaban J connectivity index is 2.07. The van der Waals surface area contributed by atoms with Crippen LogP contribution in [-0.4, -0.2) is 34.2 Å². The molecule has 0 saturated heterocycles. The summed E-state index contributed by atoms with van der Waals surface area (Å²) >= 11 is 0. The summed E-state index contributed by atoms with van der Waals surface area (Å²) in [6, 6.07) is 17.1. The van der Waals surface area contributed by atoms with Gasteiger partial charge in [-0.3, -0.25) is 14.4 Å². The van der Waals surface area contributed by atoms with Gasteiger partial charge in [0, 0.05) is 0 Å². The summed E-state index contributed by atoms with van der Waals surface area (Å²) in [6.45, 7) is 0. The minimum Gasteiger partial charge on any atom is -0.488 e. The van der Waals surface area contributed by atoms with Crippen molar-refractivity contribution in [2.24, 2.45) is 23.0 Å². The Bertz CT molecular complexity index is 853. The molecule has 140 valence electrons. The highest BCUT2D eigenvalue weighted by molar-refractivity contribution is 5.95. The van der Waals surface area contributed by atoms with Crippen LogP contribution in [-0.2, 0) is 20.8 Å². The number of primary amides is 1. The molecule has 1 saturated carbocycles. The van der Waals surface area contributed by atoms with E-state index >= 15 is 0 Å². The number of carbonyl (C=O) groups excluding carboxylic acids is 1. The SMILES string of the molecule is NC(=O)C1(Cc2ccccc2)C(Oc2ccccc2)C(C(=O)O)C1C(=O)O. The first kappa shape index (κ1) is 18.4. The van der Waals surface area contributed by atoms with Crippen LogP contribution < -0.4 is 10.5 Å². The molecule has 0 aliphatic heterocycles. The average molecular weight is 369 g/mol. The van der Waals surface area contributed by atoms with E-state index in [4.69, 9.17) is 10.5 Å². The third-order valence-electron chi connectivity index (χ3n) is 5.10. The number of nitrogens with two attached hydrogens (primary N) is 1. The van der Waals surface area contributed by atoms with Crippen molar-refractivity contribution in [2.75, 3.05) is 0 Å². The molecule has 4 unspecified atom stereocenters. The van der Waals surface area contributed by atoms with Crippen molar-refractivity contribution >= 4 is 17.8 Å². The van der Waals surface area contributed by atoms with Crippen LogP contribution >= 0.6 is 0 Å². The second-order valence-electron chi connectivity index (χ2n) is 6.60. The molecule has 4 N–H and O–H groups in total. The molecule has 7 heteroatoms. The Kier molecular flexibility index (Phi) is 4.85. The molecule has 0 heterocycles. The zero-order valence-corrected chi connectivity index (χ0v) is 14.3. The maximum Gasteiger partial charge on any atom is 0.311 e. The molecule has 1 amide bonds. The predicted octanol–water partition coefficient (Wildman–Crippen LogP) is 1.56. The quantitative estimate of drug-likeness (QED) is 0.680. The fourth-order valence-corrected chi connectivity index (χ4v) is 3.87. The zero-order valence-electron chi connectivity index (χ0n) is 14.3. The van der Waals surface area contributed by atoms with E-state index in [0.717, 1.165) is 0 Å². The van der Waals surface area contributed by atoms with Crippen molar-refractivity contribution in [3.8, 4) is 5.75 Å². The van der Waals surface area contributed by atoms with Crippen molar-refractivity contribution in [3.05, 3.63) is 66.2 Å². The van der Waals surface area contributed by atoms with Crippen molar-refractivity contribution in [1.29, 1.82) is 0 Å². The fourth-order valence-electron chi connectivity index (χ4n) is 3.87. The molecule has 3 rings (SSSR count). The summed E-state index contributed by atoms with van der Waals surface area (Å²) in [5.74, 6) is -6.15. The van der Waals surface area contributed by atoms with Gasteiger partial charge in [0.25, 0.3) is 0 Å². The molecule has 2 aromatic carbocycles. The normalized spacial score (nSPS) is 26.6. The van der Waals surface area contributed by atoms with E-state index in [1.807, 2.05) is 0 Å². The summed E-state index contributed by atoms with van der Waals surface area (Å²) in [6.07, 6.45) is -1.22. The Morgan fingerprint density at radius 3 is 1.96 bits per heavy atom. The minimum atomic E-state index is -1.67. The second-order valence-corrected chi connectivity index (χ2v) is 6.60. The van der Waals surface area contributed by atoms with E-state index in [9.17, 15) is 24.6 Å². The summed E-state index contributed by atoms with van der Waals surface area (Å²) in [7, 11) is 0. The lowest BCUT2D eigenvalue weighted by atomic mass is 9.48. The monoisotopic (exact) mass is 369 g/mol. The number of amides is 1. The fraction of sp³-hybridized carbons (Fsp3) is 0.250. The maximum atomic E-state index is 12.5. The van der Waals surface area contributed by atoms with E-state index in [1.54, 1.807) is 60.7 Å². The van der Waals surface area contributed by atoms with Gasteiger partial charge < -0.3 is 20.7 Å². The first-order chi connectivity index (χ1) is 12.9. The average Bonchev–Trinajstić information content (AvgIpc) is 2.63.